The van der Waals surface area contributed by atoms with Crippen molar-refractivity contribution >= 4 is 5.91 Å². The van der Waals surface area contributed by atoms with Gasteiger partial charge in [-0.25, -0.2) is 5.01 Å². The first kappa shape index (κ1) is 14.0. The molecule has 2 rings (SSSR count). The van der Waals surface area contributed by atoms with E-state index < -0.39 is 0 Å². The molecule has 4 heteroatoms. The van der Waals surface area contributed by atoms with E-state index in [1.54, 1.807) is 0 Å². The second-order valence-electron chi connectivity index (χ2n) is 5.14. The SMILES string of the molecule is NC(CCC(=O)NN1CCCCC1)c1ccccc1. The van der Waals surface area contributed by atoms with Crippen molar-refractivity contribution in [2.75, 3.05) is 13.1 Å². The van der Waals surface area contributed by atoms with Gasteiger partial charge in [-0.2, -0.15) is 0 Å². The van der Waals surface area contributed by atoms with Gasteiger partial charge >= 0.3 is 0 Å². The van der Waals surface area contributed by atoms with Crippen LogP contribution in [-0.4, -0.2) is 24.0 Å². The Balaban J connectivity index is 1.71. The molecule has 1 aromatic rings. The Kier molecular flexibility index (Phi) is 5.36. The molecule has 0 aliphatic carbocycles. The van der Waals surface area contributed by atoms with E-state index in [0.29, 0.717) is 12.8 Å². The van der Waals surface area contributed by atoms with Crippen LogP contribution in [0.2, 0.25) is 0 Å². The predicted molar refractivity (Wildman–Crippen MR) is 76.2 cm³/mol. The van der Waals surface area contributed by atoms with Gasteiger partial charge in [0.2, 0.25) is 5.91 Å². The number of rotatable bonds is 5. The molecule has 1 aromatic carbocycles. The maximum Gasteiger partial charge on any atom is 0.234 e. The first-order valence-electron chi connectivity index (χ1n) is 7.10. The summed E-state index contributed by atoms with van der Waals surface area (Å²) in [6, 6.07) is 9.87. The summed E-state index contributed by atoms with van der Waals surface area (Å²) in [5.41, 5.74) is 10.1. The number of carbonyl (C=O) groups is 1. The molecule has 0 aromatic heterocycles. The minimum absolute atomic E-state index is 0.0618. The molecule has 1 unspecified atom stereocenters. The van der Waals surface area contributed by atoms with Gasteiger partial charge < -0.3 is 5.73 Å². The highest BCUT2D eigenvalue weighted by atomic mass is 16.2. The Labute approximate surface area is 114 Å². The molecule has 19 heavy (non-hydrogen) atoms. The average molecular weight is 261 g/mol. The molecule has 3 N–H and O–H groups in total. The van der Waals surface area contributed by atoms with Crippen molar-refractivity contribution in [3.05, 3.63) is 35.9 Å². The van der Waals surface area contributed by atoms with E-state index in [1.807, 2.05) is 35.3 Å². The fourth-order valence-corrected chi connectivity index (χ4v) is 2.39. The third kappa shape index (κ3) is 4.65. The fourth-order valence-electron chi connectivity index (χ4n) is 2.39. The number of nitrogens with zero attached hydrogens (tertiary/aromatic N) is 1. The molecule has 0 bridgehead atoms. The van der Waals surface area contributed by atoms with Gasteiger partial charge in [0.05, 0.1) is 0 Å². The molecule has 1 saturated heterocycles. The van der Waals surface area contributed by atoms with E-state index in [4.69, 9.17) is 5.73 Å². The molecule has 4 nitrogen and oxygen atoms in total. The first-order valence-corrected chi connectivity index (χ1v) is 7.10. The van der Waals surface area contributed by atoms with Crippen molar-refractivity contribution in [3.63, 3.8) is 0 Å². The first-order chi connectivity index (χ1) is 9.25. The van der Waals surface area contributed by atoms with Gasteiger partial charge in [0.25, 0.3) is 0 Å². The zero-order valence-corrected chi connectivity index (χ0v) is 11.3. The summed E-state index contributed by atoms with van der Waals surface area (Å²) in [6.07, 6.45) is 4.77. The van der Waals surface area contributed by atoms with Gasteiger partial charge in [-0.1, -0.05) is 36.8 Å². The molecule has 0 saturated carbocycles. The van der Waals surface area contributed by atoms with E-state index in [1.165, 1.54) is 19.3 Å². The highest BCUT2D eigenvalue weighted by Crippen LogP contribution is 2.15. The summed E-state index contributed by atoms with van der Waals surface area (Å²) in [7, 11) is 0. The fraction of sp³-hybridized carbons (Fsp3) is 0.533. The van der Waals surface area contributed by atoms with Crippen LogP contribution in [0.5, 0.6) is 0 Å². The summed E-state index contributed by atoms with van der Waals surface area (Å²) in [4.78, 5) is 11.8. The van der Waals surface area contributed by atoms with E-state index in [9.17, 15) is 4.79 Å². The quantitative estimate of drug-likeness (QED) is 0.852. The predicted octanol–water partition coefficient (Wildman–Crippen LogP) is 1.98. The lowest BCUT2D eigenvalue weighted by Crippen LogP contribution is -2.45. The van der Waals surface area contributed by atoms with Crippen molar-refractivity contribution < 1.29 is 4.79 Å². The number of hydrogen-bond donors (Lipinski definition) is 2. The van der Waals surface area contributed by atoms with Crippen LogP contribution < -0.4 is 11.2 Å². The standard InChI is InChI=1S/C15H23N3O/c16-14(13-7-3-1-4-8-13)9-10-15(19)17-18-11-5-2-6-12-18/h1,3-4,7-8,14H,2,5-6,9-12,16H2,(H,17,19). The highest BCUT2D eigenvalue weighted by Gasteiger charge is 2.14. The molecule has 1 atom stereocenters. The van der Waals surface area contributed by atoms with Gasteiger partial charge in [0.1, 0.15) is 0 Å². The molecular formula is C15H23N3O. The second-order valence-corrected chi connectivity index (χ2v) is 5.14. The normalized spacial score (nSPS) is 17.9. The van der Waals surface area contributed by atoms with Crippen LogP contribution in [0.4, 0.5) is 0 Å². The number of hydrazine groups is 1. The van der Waals surface area contributed by atoms with Gasteiger partial charge in [-0.3, -0.25) is 10.2 Å². The molecule has 1 heterocycles. The number of nitrogens with one attached hydrogen (secondary N) is 1. The van der Waals surface area contributed by atoms with Gasteiger partial charge in [-0.05, 0) is 24.8 Å². The summed E-state index contributed by atoms with van der Waals surface area (Å²) in [5.74, 6) is 0.0771. The zero-order chi connectivity index (χ0) is 13.5. The minimum Gasteiger partial charge on any atom is -0.324 e. The number of carbonyl (C=O) groups excluding carboxylic acids is 1. The van der Waals surface area contributed by atoms with Gasteiger partial charge in [0.15, 0.2) is 0 Å². The van der Waals surface area contributed by atoms with Crippen molar-refractivity contribution in [1.29, 1.82) is 0 Å². The van der Waals surface area contributed by atoms with Crippen LogP contribution in [0.25, 0.3) is 0 Å². The van der Waals surface area contributed by atoms with Gasteiger partial charge in [-0.15, -0.1) is 0 Å². The van der Waals surface area contributed by atoms with Crippen molar-refractivity contribution in [2.45, 2.75) is 38.1 Å². The molecule has 0 radical (unpaired) electrons. The molecule has 1 amide bonds. The van der Waals surface area contributed by atoms with Crippen LogP contribution in [-0.2, 0) is 4.79 Å². The number of amides is 1. The minimum atomic E-state index is -0.0618. The third-order valence-corrected chi connectivity index (χ3v) is 3.55. The van der Waals surface area contributed by atoms with E-state index in [0.717, 1.165) is 18.7 Å². The number of piperidine rings is 1. The topological polar surface area (TPSA) is 58.4 Å². The summed E-state index contributed by atoms with van der Waals surface area (Å²) < 4.78 is 0. The lowest BCUT2D eigenvalue weighted by atomic mass is 10.0. The zero-order valence-electron chi connectivity index (χ0n) is 11.3. The van der Waals surface area contributed by atoms with Crippen molar-refractivity contribution in [3.8, 4) is 0 Å². The number of hydrogen-bond acceptors (Lipinski definition) is 3. The van der Waals surface area contributed by atoms with Crippen LogP contribution in [0.15, 0.2) is 30.3 Å². The summed E-state index contributed by atoms with van der Waals surface area (Å²) >= 11 is 0. The van der Waals surface area contributed by atoms with E-state index in [-0.39, 0.29) is 11.9 Å². The highest BCUT2D eigenvalue weighted by molar-refractivity contribution is 5.75. The van der Waals surface area contributed by atoms with E-state index >= 15 is 0 Å². The Morgan fingerprint density at radius 3 is 2.58 bits per heavy atom. The lowest BCUT2D eigenvalue weighted by Gasteiger charge is -2.27. The number of benzene rings is 1. The van der Waals surface area contributed by atoms with Crippen molar-refractivity contribution in [2.24, 2.45) is 5.73 Å². The average Bonchev–Trinajstić information content (AvgIpc) is 2.47. The third-order valence-electron chi connectivity index (χ3n) is 3.55. The Morgan fingerprint density at radius 2 is 1.89 bits per heavy atom. The Hall–Kier alpha value is -1.39. The largest absolute Gasteiger partial charge is 0.324 e. The maximum atomic E-state index is 11.8. The van der Waals surface area contributed by atoms with Crippen LogP contribution >= 0.6 is 0 Å². The number of nitrogens with two attached hydrogens (primary N) is 1. The molecule has 0 spiro atoms. The lowest BCUT2D eigenvalue weighted by molar-refractivity contribution is -0.126. The Morgan fingerprint density at radius 1 is 1.21 bits per heavy atom. The molecular weight excluding hydrogens is 238 g/mol. The molecule has 1 fully saturated rings. The smallest absolute Gasteiger partial charge is 0.234 e. The Bertz CT molecular complexity index is 388. The maximum absolute atomic E-state index is 11.8. The molecule has 1 aliphatic rings. The van der Waals surface area contributed by atoms with Gasteiger partial charge in [0, 0.05) is 25.6 Å². The van der Waals surface area contributed by atoms with Crippen LogP contribution in [0.1, 0.15) is 43.7 Å². The summed E-state index contributed by atoms with van der Waals surface area (Å²) in [5, 5.41) is 2.03. The van der Waals surface area contributed by atoms with E-state index in [2.05, 4.69) is 5.43 Å². The van der Waals surface area contributed by atoms with Crippen LogP contribution in [0.3, 0.4) is 0 Å². The summed E-state index contributed by atoms with van der Waals surface area (Å²) in [6.45, 7) is 1.94. The second kappa shape index (κ2) is 7.26. The monoisotopic (exact) mass is 261 g/mol. The van der Waals surface area contributed by atoms with Crippen molar-refractivity contribution in [1.82, 2.24) is 10.4 Å². The van der Waals surface area contributed by atoms with Crippen LogP contribution in [0, 0.1) is 0 Å². The molecule has 1 aliphatic heterocycles. The molecule has 104 valence electrons.